The maximum atomic E-state index is 6.11. The van der Waals surface area contributed by atoms with Crippen molar-refractivity contribution in [1.82, 2.24) is 0 Å². The number of fused-ring (bicyclic) bond motifs is 1. The van der Waals surface area contributed by atoms with Gasteiger partial charge in [-0.2, -0.15) is 0 Å². The van der Waals surface area contributed by atoms with Gasteiger partial charge in [0.05, 0.1) is 26.4 Å². The summed E-state index contributed by atoms with van der Waals surface area (Å²) in [6, 6.07) is 3.68. The Morgan fingerprint density at radius 3 is 2.81 bits per heavy atom. The van der Waals surface area contributed by atoms with Gasteiger partial charge < -0.3 is 19.9 Å². The van der Waals surface area contributed by atoms with E-state index in [2.05, 4.69) is 0 Å². The number of rotatable bonds is 2. The van der Waals surface area contributed by atoms with Gasteiger partial charge in [-0.25, -0.2) is 0 Å². The van der Waals surface area contributed by atoms with Crippen LogP contribution in [0.15, 0.2) is 12.1 Å². The molecule has 0 spiro atoms. The lowest BCUT2D eigenvalue weighted by atomic mass is 10.0. The minimum absolute atomic E-state index is 0.0293. The summed E-state index contributed by atoms with van der Waals surface area (Å²) in [5, 5.41) is 0. The Morgan fingerprint density at radius 1 is 1.31 bits per heavy atom. The Bertz CT molecular complexity index is 379. The van der Waals surface area contributed by atoms with Crippen LogP contribution in [0.25, 0.3) is 0 Å². The molecule has 4 heteroatoms. The zero-order chi connectivity index (χ0) is 11.5. The van der Waals surface area contributed by atoms with Crippen LogP contribution < -0.4 is 19.9 Å². The SMILES string of the molecule is COc1cc(OC)c2c(c1)OCCC[C@H]2N. The van der Waals surface area contributed by atoms with Gasteiger partial charge >= 0.3 is 0 Å². The smallest absolute Gasteiger partial charge is 0.131 e. The van der Waals surface area contributed by atoms with E-state index in [1.165, 1.54) is 0 Å². The second-order valence-corrected chi connectivity index (χ2v) is 3.84. The van der Waals surface area contributed by atoms with Crippen LogP contribution in [-0.2, 0) is 0 Å². The minimum atomic E-state index is -0.0293. The Morgan fingerprint density at radius 2 is 2.12 bits per heavy atom. The van der Waals surface area contributed by atoms with Crippen molar-refractivity contribution in [2.75, 3.05) is 20.8 Å². The number of benzene rings is 1. The van der Waals surface area contributed by atoms with Crippen molar-refractivity contribution in [3.05, 3.63) is 17.7 Å². The van der Waals surface area contributed by atoms with E-state index in [-0.39, 0.29) is 6.04 Å². The van der Waals surface area contributed by atoms with Crippen molar-refractivity contribution in [3.8, 4) is 17.2 Å². The predicted molar refractivity (Wildman–Crippen MR) is 61.2 cm³/mol. The van der Waals surface area contributed by atoms with E-state index in [1.54, 1.807) is 14.2 Å². The molecule has 2 rings (SSSR count). The van der Waals surface area contributed by atoms with Gasteiger partial charge in [0, 0.05) is 18.2 Å². The van der Waals surface area contributed by atoms with Crippen LogP contribution >= 0.6 is 0 Å². The summed E-state index contributed by atoms with van der Waals surface area (Å²) in [6.45, 7) is 0.691. The first-order chi connectivity index (χ1) is 7.76. The standard InChI is InChI=1S/C12H17NO3/c1-14-8-6-10(15-2)12-9(13)4-3-5-16-11(12)7-8/h6-7,9H,3-5,13H2,1-2H3/t9-/m1/s1. The van der Waals surface area contributed by atoms with E-state index in [9.17, 15) is 0 Å². The van der Waals surface area contributed by atoms with Crippen molar-refractivity contribution >= 4 is 0 Å². The fourth-order valence-electron chi connectivity index (χ4n) is 1.98. The monoisotopic (exact) mass is 223 g/mol. The maximum absolute atomic E-state index is 6.11. The topological polar surface area (TPSA) is 53.7 Å². The van der Waals surface area contributed by atoms with Gasteiger partial charge in [-0.3, -0.25) is 0 Å². The molecule has 16 heavy (non-hydrogen) atoms. The largest absolute Gasteiger partial charge is 0.496 e. The summed E-state index contributed by atoms with van der Waals surface area (Å²) in [4.78, 5) is 0. The van der Waals surface area contributed by atoms with Crippen molar-refractivity contribution in [2.45, 2.75) is 18.9 Å². The highest BCUT2D eigenvalue weighted by Crippen LogP contribution is 2.40. The van der Waals surface area contributed by atoms with Gasteiger partial charge in [0.1, 0.15) is 17.2 Å². The van der Waals surface area contributed by atoms with E-state index >= 15 is 0 Å². The summed E-state index contributed by atoms with van der Waals surface area (Å²) in [5.74, 6) is 2.25. The molecule has 0 aromatic heterocycles. The molecule has 0 saturated carbocycles. The first-order valence-corrected chi connectivity index (χ1v) is 5.40. The molecular formula is C12H17NO3. The average molecular weight is 223 g/mol. The molecular weight excluding hydrogens is 206 g/mol. The van der Waals surface area contributed by atoms with Gasteiger partial charge in [-0.1, -0.05) is 0 Å². The Kier molecular flexibility index (Phi) is 3.19. The van der Waals surface area contributed by atoms with Gasteiger partial charge in [0.15, 0.2) is 0 Å². The van der Waals surface area contributed by atoms with E-state index in [0.29, 0.717) is 6.61 Å². The van der Waals surface area contributed by atoms with Crippen LogP contribution in [0.5, 0.6) is 17.2 Å². The molecule has 0 radical (unpaired) electrons. The molecule has 0 fully saturated rings. The molecule has 0 amide bonds. The average Bonchev–Trinajstić information content (AvgIpc) is 2.50. The second-order valence-electron chi connectivity index (χ2n) is 3.84. The lowest BCUT2D eigenvalue weighted by Crippen LogP contribution is -2.10. The third-order valence-electron chi connectivity index (χ3n) is 2.82. The lowest BCUT2D eigenvalue weighted by Gasteiger charge is -2.17. The maximum Gasteiger partial charge on any atom is 0.131 e. The third kappa shape index (κ3) is 1.93. The van der Waals surface area contributed by atoms with Crippen LogP contribution in [-0.4, -0.2) is 20.8 Å². The van der Waals surface area contributed by atoms with E-state index in [1.807, 2.05) is 12.1 Å². The van der Waals surface area contributed by atoms with Crippen LogP contribution in [0.4, 0.5) is 0 Å². The Balaban J connectivity index is 2.51. The minimum Gasteiger partial charge on any atom is -0.496 e. The van der Waals surface area contributed by atoms with Crippen molar-refractivity contribution in [1.29, 1.82) is 0 Å². The molecule has 4 nitrogen and oxygen atoms in total. The number of nitrogens with two attached hydrogens (primary N) is 1. The normalized spacial score (nSPS) is 19.3. The van der Waals surface area contributed by atoms with Crippen molar-refractivity contribution < 1.29 is 14.2 Å². The molecule has 0 saturated heterocycles. The quantitative estimate of drug-likeness (QED) is 0.831. The van der Waals surface area contributed by atoms with E-state index < -0.39 is 0 Å². The van der Waals surface area contributed by atoms with Gasteiger partial charge in [0.2, 0.25) is 0 Å². The predicted octanol–water partition coefficient (Wildman–Crippen LogP) is 1.88. The summed E-state index contributed by atoms with van der Waals surface area (Å²) < 4.78 is 16.2. The molecule has 1 aromatic rings. The van der Waals surface area contributed by atoms with Crippen LogP contribution in [0.3, 0.4) is 0 Å². The van der Waals surface area contributed by atoms with Crippen LogP contribution in [0.2, 0.25) is 0 Å². The molecule has 1 aromatic carbocycles. The van der Waals surface area contributed by atoms with Gasteiger partial charge in [-0.05, 0) is 12.8 Å². The first-order valence-electron chi connectivity index (χ1n) is 5.40. The zero-order valence-corrected chi connectivity index (χ0v) is 9.66. The molecule has 0 bridgehead atoms. The lowest BCUT2D eigenvalue weighted by molar-refractivity contribution is 0.311. The molecule has 1 heterocycles. The highest BCUT2D eigenvalue weighted by Gasteiger charge is 2.22. The van der Waals surface area contributed by atoms with Gasteiger partial charge in [-0.15, -0.1) is 0 Å². The highest BCUT2D eigenvalue weighted by molar-refractivity contribution is 5.52. The first kappa shape index (κ1) is 11.1. The molecule has 1 aliphatic heterocycles. The number of hydrogen-bond donors (Lipinski definition) is 1. The molecule has 1 atom stereocenters. The molecule has 1 aliphatic rings. The fourth-order valence-corrected chi connectivity index (χ4v) is 1.98. The van der Waals surface area contributed by atoms with E-state index in [0.717, 1.165) is 35.7 Å². The highest BCUT2D eigenvalue weighted by atomic mass is 16.5. The Hall–Kier alpha value is -1.42. The van der Waals surface area contributed by atoms with Crippen LogP contribution in [0, 0.1) is 0 Å². The molecule has 2 N–H and O–H groups in total. The number of ether oxygens (including phenoxy) is 3. The Labute approximate surface area is 95.3 Å². The van der Waals surface area contributed by atoms with Crippen LogP contribution in [0.1, 0.15) is 24.4 Å². The van der Waals surface area contributed by atoms with E-state index in [4.69, 9.17) is 19.9 Å². The van der Waals surface area contributed by atoms with Crippen molar-refractivity contribution in [2.24, 2.45) is 5.73 Å². The number of hydrogen-bond acceptors (Lipinski definition) is 4. The molecule has 88 valence electrons. The number of methoxy groups -OCH3 is 2. The molecule has 0 aliphatic carbocycles. The summed E-state index contributed by atoms with van der Waals surface area (Å²) in [6.07, 6.45) is 1.87. The molecule has 0 unspecified atom stereocenters. The van der Waals surface area contributed by atoms with Gasteiger partial charge in [0.25, 0.3) is 0 Å². The zero-order valence-electron chi connectivity index (χ0n) is 9.66. The van der Waals surface area contributed by atoms with Crippen molar-refractivity contribution in [3.63, 3.8) is 0 Å². The summed E-state index contributed by atoms with van der Waals surface area (Å²) >= 11 is 0. The fraction of sp³-hybridized carbons (Fsp3) is 0.500. The second kappa shape index (κ2) is 4.61. The summed E-state index contributed by atoms with van der Waals surface area (Å²) in [5.41, 5.74) is 7.06. The summed E-state index contributed by atoms with van der Waals surface area (Å²) in [7, 11) is 3.25. The third-order valence-corrected chi connectivity index (χ3v) is 2.82.